The second-order valence-corrected chi connectivity index (χ2v) is 5.88. The predicted octanol–water partition coefficient (Wildman–Crippen LogP) is 3.01. The van der Waals surface area contributed by atoms with Crippen molar-refractivity contribution in [1.82, 2.24) is 9.97 Å². The number of nitrogens with zero attached hydrogens (tertiary/aromatic N) is 3. The van der Waals surface area contributed by atoms with Crippen LogP contribution >= 0.6 is 0 Å². The summed E-state index contributed by atoms with van der Waals surface area (Å²) in [5.41, 5.74) is 1.30. The first kappa shape index (κ1) is 13.2. The molecular weight excluding hydrogens is 274 g/mol. The van der Waals surface area contributed by atoms with Crippen molar-refractivity contribution in [1.29, 1.82) is 0 Å². The minimum absolute atomic E-state index is 0.474. The Morgan fingerprint density at radius 2 is 1.91 bits per heavy atom. The van der Waals surface area contributed by atoms with Crippen LogP contribution in [0.2, 0.25) is 0 Å². The van der Waals surface area contributed by atoms with Crippen LogP contribution in [-0.4, -0.2) is 29.3 Å². The summed E-state index contributed by atoms with van der Waals surface area (Å²) in [6, 6.07) is 7.67. The molecule has 110 valence electrons. The molecule has 1 aromatic carbocycles. The van der Waals surface area contributed by atoms with Crippen LogP contribution < -0.4 is 4.90 Å². The highest BCUT2D eigenvalue weighted by atomic mass is 16.1. The van der Waals surface area contributed by atoms with Gasteiger partial charge in [-0.3, -0.25) is 4.79 Å². The van der Waals surface area contributed by atoms with E-state index in [1.807, 2.05) is 24.3 Å². The number of hydrogen-bond acceptors (Lipinski definition) is 4. The molecule has 4 heteroatoms. The third-order valence-corrected chi connectivity index (χ3v) is 4.56. The highest BCUT2D eigenvalue weighted by Crippen LogP contribution is 2.30. The zero-order valence-corrected chi connectivity index (χ0v) is 12.2. The van der Waals surface area contributed by atoms with Gasteiger partial charge in [0.15, 0.2) is 6.29 Å². The van der Waals surface area contributed by atoms with E-state index in [1.165, 1.54) is 0 Å². The molecule has 4 rings (SSSR count). The van der Waals surface area contributed by atoms with Crippen molar-refractivity contribution >= 4 is 23.1 Å². The van der Waals surface area contributed by atoms with Crippen LogP contribution in [0.25, 0.3) is 10.9 Å². The molecule has 1 aliphatic carbocycles. The maximum Gasteiger partial charge on any atom is 0.226 e. The lowest BCUT2D eigenvalue weighted by atomic mass is 9.83. The number of allylic oxidation sites excluding steroid dienone is 3. The van der Waals surface area contributed by atoms with E-state index in [-0.39, 0.29) is 0 Å². The minimum atomic E-state index is 0.474. The van der Waals surface area contributed by atoms with E-state index in [4.69, 9.17) is 0 Å². The summed E-state index contributed by atoms with van der Waals surface area (Å²) in [5.74, 6) is 1.79. The molecule has 0 radical (unpaired) electrons. The Morgan fingerprint density at radius 3 is 2.77 bits per heavy atom. The number of aromatic nitrogens is 2. The molecule has 0 N–H and O–H groups in total. The summed E-state index contributed by atoms with van der Waals surface area (Å²) in [6.07, 6.45) is 10.7. The molecule has 0 bridgehead atoms. The van der Waals surface area contributed by atoms with E-state index in [0.29, 0.717) is 23.5 Å². The fourth-order valence-electron chi connectivity index (χ4n) is 3.36. The number of rotatable bonds is 2. The molecule has 0 spiro atoms. The molecule has 2 atom stereocenters. The van der Waals surface area contributed by atoms with E-state index >= 15 is 0 Å². The second-order valence-electron chi connectivity index (χ2n) is 5.88. The zero-order valence-electron chi connectivity index (χ0n) is 12.2. The Labute approximate surface area is 129 Å². The van der Waals surface area contributed by atoms with Crippen molar-refractivity contribution in [2.75, 3.05) is 18.0 Å². The Hall–Kier alpha value is -2.49. The standard InChI is InChI=1S/C18H17N3O/c22-12-17-15-7-3-4-8-16(15)19-18(20-17)21-10-9-13-5-1-2-6-14(13)11-21/h1-8,12-14H,9-11H2. The SMILES string of the molecule is O=Cc1nc(N2CCC3C=CC=CC3C2)nc2ccccc12. The molecule has 0 saturated carbocycles. The first-order chi connectivity index (χ1) is 10.8. The molecule has 2 aromatic rings. The van der Waals surface area contributed by atoms with Gasteiger partial charge in [0, 0.05) is 24.4 Å². The highest BCUT2D eigenvalue weighted by Gasteiger charge is 2.28. The highest BCUT2D eigenvalue weighted by molar-refractivity contribution is 5.94. The Bertz CT molecular complexity index is 781. The fourth-order valence-corrected chi connectivity index (χ4v) is 3.36. The quantitative estimate of drug-likeness (QED) is 0.798. The lowest BCUT2D eigenvalue weighted by Crippen LogP contribution is -2.40. The summed E-state index contributed by atoms with van der Waals surface area (Å²) in [6.45, 7) is 1.83. The van der Waals surface area contributed by atoms with Crippen molar-refractivity contribution in [2.24, 2.45) is 11.8 Å². The van der Waals surface area contributed by atoms with Crippen LogP contribution in [0.15, 0.2) is 48.6 Å². The summed E-state index contributed by atoms with van der Waals surface area (Å²) >= 11 is 0. The van der Waals surface area contributed by atoms with E-state index in [2.05, 4.69) is 39.2 Å². The molecule has 0 amide bonds. The number of para-hydroxylation sites is 1. The summed E-state index contributed by atoms with van der Waals surface area (Å²) in [4.78, 5) is 22.7. The van der Waals surface area contributed by atoms with Crippen molar-refractivity contribution in [3.63, 3.8) is 0 Å². The van der Waals surface area contributed by atoms with E-state index < -0.39 is 0 Å². The van der Waals surface area contributed by atoms with E-state index in [0.717, 1.165) is 36.7 Å². The lowest BCUT2D eigenvalue weighted by Gasteiger charge is -2.37. The maximum atomic E-state index is 11.4. The molecule has 1 saturated heterocycles. The minimum Gasteiger partial charge on any atom is -0.340 e. The predicted molar refractivity (Wildman–Crippen MR) is 87.0 cm³/mol. The molecule has 2 unspecified atom stereocenters. The lowest BCUT2D eigenvalue weighted by molar-refractivity contribution is 0.112. The van der Waals surface area contributed by atoms with Crippen LogP contribution in [0.4, 0.5) is 5.95 Å². The van der Waals surface area contributed by atoms with Gasteiger partial charge in [-0.1, -0.05) is 42.5 Å². The number of benzene rings is 1. The van der Waals surface area contributed by atoms with Gasteiger partial charge < -0.3 is 4.90 Å². The van der Waals surface area contributed by atoms with Crippen molar-refractivity contribution in [3.05, 3.63) is 54.3 Å². The molecule has 22 heavy (non-hydrogen) atoms. The average Bonchev–Trinajstić information content (AvgIpc) is 2.60. The van der Waals surface area contributed by atoms with Crippen LogP contribution in [-0.2, 0) is 0 Å². The largest absolute Gasteiger partial charge is 0.340 e. The normalized spacial score (nSPS) is 23.5. The van der Waals surface area contributed by atoms with Gasteiger partial charge >= 0.3 is 0 Å². The monoisotopic (exact) mass is 291 g/mol. The maximum absolute atomic E-state index is 11.4. The smallest absolute Gasteiger partial charge is 0.226 e. The van der Waals surface area contributed by atoms with Gasteiger partial charge in [0.2, 0.25) is 5.95 Å². The van der Waals surface area contributed by atoms with Crippen LogP contribution in [0, 0.1) is 11.8 Å². The van der Waals surface area contributed by atoms with E-state index in [9.17, 15) is 4.79 Å². The van der Waals surface area contributed by atoms with Crippen LogP contribution in [0.5, 0.6) is 0 Å². The first-order valence-corrected chi connectivity index (χ1v) is 7.67. The third-order valence-electron chi connectivity index (χ3n) is 4.56. The molecule has 2 aliphatic rings. The first-order valence-electron chi connectivity index (χ1n) is 7.67. The average molecular weight is 291 g/mol. The summed E-state index contributed by atoms with van der Waals surface area (Å²) < 4.78 is 0. The topological polar surface area (TPSA) is 46.1 Å². The van der Waals surface area contributed by atoms with Gasteiger partial charge in [0.25, 0.3) is 0 Å². The van der Waals surface area contributed by atoms with Gasteiger partial charge in [-0.05, 0) is 18.4 Å². The summed E-state index contributed by atoms with van der Waals surface area (Å²) in [5, 5.41) is 0.816. The van der Waals surface area contributed by atoms with Gasteiger partial charge in [0.1, 0.15) is 5.69 Å². The Kier molecular flexibility index (Phi) is 3.22. The Balaban J connectivity index is 1.70. The van der Waals surface area contributed by atoms with Crippen LogP contribution in [0.3, 0.4) is 0 Å². The molecule has 1 fully saturated rings. The van der Waals surface area contributed by atoms with E-state index in [1.54, 1.807) is 0 Å². The summed E-state index contributed by atoms with van der Waals surface area (Å²) in [7, 11) is 0. The fraction of sp³-hybridized carbons (Fsp3) is 0.278. The number of piperidine rings is 1. The number of anilines is 1. The van der Waals surface area contributed by atoms with Gasteiger partial charge in [-0.2, -0.15) is 0 Å². The number of carbonyl (C=O) groups is 1. The number of aldehydes is 1. The molecule has 1 aromatic heterocycles. The molecule has 2 heterocycles. The molecule has 4 nitrogen and oxygen atoms in total. The van der Waals surface area contributed by atoms with Gasteiger partial charge in [0.05, 0.1) is 5.52 Å². The number of hydrogen-bond donors (Lipinski definition) is 0. The number of fused-ring (bicyclic) bond motifs is 2. The van der Waals surface area contributed by atoms with Crippen molar-refractivity contribution < 1.29 is 4.79 Å². The van der Waals surface area contributed by atoms with Crippen molar-refractivity contribution in [2.45, 2.75) is 6.42 Å². The molecule has 1 aliphatic heterocycles. The van der Waals surface area contributed by atoms with Crippen molar-refractivity contribution in [3.8, 4) is 0 Å². The van der Waals surface area contributed by atoms with Crippen LogP contribution in [0.1, 0.15) is 16.9 Å². The molecular formula is C18H17N3O. The second kappa shape index (κ2) is 5.37. The Morgan fingerprint density at radius 1 is 1.09 bits per heavy atom. The zero-order chi connectivity index (χ0) is 14.9. The third kappa shape index (κ3) is 2.21. The van der Waals surface area contributed by atoms with Gasteiger partial charge in [-0.25, -0.2) is 9.97 Å². The van der Waals surface area contributed by atoms with Gasteiger partial charge in [-0.15, -0.1) is 0 Å². The number of carbonyl (C=O) groups excluding carboxylic acids is 1.